The molecule has 67 heavy (non-hydrogen) atoms. The van der Waals surface area contributed by atoms with Crippen LogP contribution in [0, 0.1) is 0 Å². The summed E-state index contributed by atoms with van der Waals surface area (Å²) in [6.07, 6.45) is 64.9. The lowest BCUT2D eigenvalue weighted by atomic mass is 10.0. The van der Waals surface area contributed by atoms with E-state index in [1.165, 1.54) is 238 Å². The van der Waals surface area contributed by atoms with Crippen LogP contribution in [0.2, 0.25) is 0 Å². The highest BCUT2D eigenvalue weighted by molar-refractivity contribution is 5.71. The van der Waals surface area contributed by atoms with Crippen molar-refractivity contribution in [3.05, 3.63) is 12.2 Å². The Morgan fingerprint density at radius 1 is 0.284 bits per heavy atom. The third-order valence-electron chi connectivity index (χ3n) is 13.8. The first-order chi connectivity index (χ1) is 33.0. The summed E-state index contributed by atoms with van der Waals surface area (Å²) >= 11 is 0. The van der Waals surface area contributed by atoms with Crippen LogP contribution in [0.3, 0.4) is 0 Å². The molecule has 396 valence electrons. The fraction of sp³-hybridized carbons (Fsp3) is 0.918. The van der Waals surface area contributed by atoms with Crippen molar-refractivity contribution in [1.29, 1.82) is 0 Å². The molecule has 6 nitrogen and oxygen atoms in total. The predicted octanol–water partition coefficient (Wildman–Crippen LogP) is 20.1. The van der Waals surface area contributed by atoms with Crippen molar-refractivity contribution < 1.29 is 28.6 Å². The van der Waals surface area contributed by atoms with Gasteiger partial charge in [0.2, 0.25) is 0 Å². The second-order valence-electron chi connectivity index (χ2n) is 20.6. The van der Waals surface area contributed by atoms with E-state index in [9.17, 15) is 14.4 Å². The minimum atomic E-state index is -0.768. The zero-order chi connectivity index (χ0) is 48.6. The van der Waals surface area contributed by atoms with Gasteiger partial charge in [0.1, 0.15) is 13.2 Å². The number of ether oxygens (including phenoxy) is 3. The van der Waals surface area contributed by atoms with Crippen LogP contribution < -0.4 is 0 Å². The fourth-order valence-corrected chi connectivity index (χ4v) is 9.21. The van der Waals surface area contributed by atoms with E-state index in [4.69, 9.17) is 14.2 Å². The van der Waals surface area contributed by atoms with Crippen molar-refractivity contribution in [1.82, 2.24) is 0 Å². The Bertz CT molecular complexity index is 1040. The van der Waals surface area contributed by atoms with Gasteiger partial charge in [-0.25, -0.2) is 0 Å². The molecule has 0 bridgehead atoms. The van der Waals surface area contributed by atoms with Crippen LogP contribution in [0.15, 0.2) is 12.2 Å². The first-order valence-corrected chi connectivity index (χ1v) is 30.2. The number of rotatable bonds is 56. The highest BCUT2D eigenvalue weighted by atomic mass is 16.6. The van der Waals surface area contributed by atoms with Crippen LogP contribution in [0.4, 0.5) is 0 Å². The van der Waals surface area contributed by atoms with Gasteiger partial charge in [0.05, 0.1) is 0 Å². The summed E-state index contributed by atoms with van der Waals surface area (Å²) in [5.41, 5.74) is 0. The summed E-state index contributed by atoms with van der Waals surface area (Å²) in [5.74, 6) is -0.849. The van der Waals surface area contributed by atoms with Gasteiger partial charge in [-0.2, -0.15) is 0 Å². The standard InChI is InChI=1S/C61H116O6/c1-4-7-10-13-16-19-22-25-27-28-29-30-31-32-34-37-40-43-46-49-52-55-61(64)67-58(56-65-59(62)53-50-47-44-41-38-35-24-21-18-15-12-9-6-3)57-66-60(63)54-51-48-45-42-39-36-33-26-23-20-17-14-11-8-5-2/h26,33,58H,4-25,27-32,34-57H2,1-3H3/b33-26-/t58-/m0/s1. The van der Waals surface area contributed by atoms with Crippen LogP contribution >= 0.6 is 0 Å². The summed E-state index contributed by atoms with van der Waals surface area (Å²) < 4.78 is 16.9. The Hall–Kier alpha value is -1.85. The molecule has 6 heteroatoms. The maximum absolute atomic E-state index is 12.9. The van der Waals surface area contributed by atoms with Crippen molar-refractivity contribution in [2.24, 2.45) is 0 Å². The van der Waals surface area contributed by atoms with E-state index in [1.807, 2.05) is 0 Å². The van der Waals surface area contributed by atoms with Gasteiger partial charge in [0.25, 0.3) is 0 Å². The van der Waals surface area contributed by atoms with E-state index in [-0.39, 0.29) is 31.1 Å². The molecular weight excluding hydrogens is 829 g/mol. The third-order valence-corrected chi connectivity index (χ3v) is 13.8. The molecule has 0 rings (SSSR count). The number of carbonyl (C=O) groups excluding carboxylic acids is 3. The van der Waals surface area contributed by atoms with Gasteiger partial charge in [-0.1, -0.05) is 290 Å². The number of carbonyl (C=O) groups is 3. The van der Waals surface area contributed by atoms with E-state index in [1.54, 1.807) is 0 Å². The largest absolute Gasteiger partial charge is 0.462 e. The third kappa shape index (κ3) is 55.0. The summed E-state index contributed by atoms with van der Waals surface area (Å²) in [5, 5.41) is 0. The molecule has 0 aliphatic carbocycles. The Morgan fingerprint density at radius 2 is 0.493 bits per heavy atom. The van der Waals surface area contributed by atoms with Crippen molar-refractivity contribution in [3.63, 3.8) is 0 Å². The molecule has 0 spiro atoms. The average molecular weight is 946 g/mol. The lowest BCUT2D eigenvalue weighted by molar-refractivity contribution is -0.167. The van der Waals surface area contributed by atoms with E-state index in [0.717, 1.165) is 64.2 Å². The second-order valence-corrected chi connectivity index (χ2v) is 20.6. The Labute approximate surface area is 418 Å². The number of hydrogen-bond acceptors (Lipinski definition) is 6. The second kappa shape index (κ2) is 56.7. The van der Waals surface area contributed by atoms with E-state index in [2.05, 4.69) is 32.9 Å². The zero-order valence-electron chi connectivity index (χ0n) is 45.5. The topological polar surface area (TPSA) is 78.9 Å². The Morgan fingerprint density at radius 3 is 0.746 bits per heavy atom. The molecule has 0 radical (unpaired) electrons. The number of esters is 3. The maximum atomic E-state index is 12.9. The molecule has 0 aromatic carbocycles. The van der Waals surface area contributed by atoms with Gasteiger partial charge in [-0.15, -0.1) is 0 Å². The lowest BCUT2D eigenvalue weighted by Gasteiger charge is -2.18. The fourth-order valence-electron chi connectivity index (χ4n) is 9.21. The van der Waals surface area contributed by atoms with Crippen LogP contribution in [0.5, 0.6) is 0 Å². The normalized spacial score (nSPS) is 12.0. The first-order valence-electron chi connectivity index (χ1n) is 30.2. The SMILES string of the molecule is CCCCCCCC/C=C\CCCCCCCC(=O)OC[C@H](COC(=O)CCCCCCCCCCCCCCC)OC(=O)CCCCCCCCCCCCCCCCCCCCCCC. The van der Waals surface area contributed by atoms with Crippen molar-refractivity contribution >= 4 is 17.9 Å². The van der Waals surface area contributed by atoms with Gasteiger partial charge < -0.3 is 14.2 Å². The molecule has 0 fully saturated rings. The van der Waals surface area contributed by atoms with E-state index in [0.29, 0.717) is 19.3 Å². The first kappa shape index (κ1) is 65.1. The van der Waals surface area contributed by atoms with E-state index >= 15 is 0 Å². The monoisotopic (exact) mass is 945 g/mol. The van der Waals surface area contributed by atoms with Crippen LogP contribution in [-0.4, -0.2) is 37.2 Å². The molecule has 0 aliphatic heterocycles. The summed E-state index contributed by atoms with van der Waals surface area (Å²) in [6.45, 7) is 6.69. The quantitative estimate of drug-likeness (QED) is 0.0262. The molecule has 0 saturated heterocycles. The molecule has 0 amide bonds. The zero-order valence-corrected chi connectivity index (χ0v) is 45.5. The summed E-state index contributed by atoms with van der Waals surface area (Å²) in [7, 11) is 0. The molecule has 0 unspecified atom stereocenters. The van der Waals surface area contributed by atoms with Crippen LogP contribution in [-0.2, 0) is 28.6 Å². The van der Waals surface area contributed by atoms with Gasteiger partial charge in [0, 0.05) is 19.3 Å². The van der Waals surface area contributed by atoms with Gasteiger partial charge in [-0.3, -0.25) is 14.4 Å². The Balaban J connectivity index is 4.27. The minimum absolute atomic E-state index is 0.0665. The molecule has 0 aromatic rings. The molecule has 0 aliphatic rings. The predicted molar refractivity (Wildman–Crippen MR) is 289 cm³/mol. The van der Waals surface area contributed by atoms with E-state index < -0.39 is 6.10 Å². The summed E-state index contributed by atoms with van der Waals surface area (Å²) in [4.78, 5) is 38.2. The van der Waals surface area contributed by atoms with Gasteiger partial charge >= 0.3 is 17.9 Å². The molecule has 0 aromatic heterocycles. The van der Waals surface area contributed by atoms with Crippen molar-refractivity contribution in [2.75, 3.05) is 13.2 Å². The maximum Gasteiger partial charge on any atom is 0.306 e. The molecule has 0 N–H and O–H groups in total. The number of hydrogen-bond donors (Lipinski definition) is 0. The van der Waals surface area contributed by atoms with Crippen molar-refractivity contribution in [3.8, 4) is 0 Å². The highest BCUT2D eigenvalue weighted by Gasteiger charge is 2.19. The highest BCUT2D eigenvalue weighted by Crippen LogP contribution is 2.18. The van der Waals surface area contributed by atoms with Crippen LogP contribution in [0.25, 0.3) is 0 Å². The van der Waals surface area contributed by atoms with Crippen molar-refractivity contribution in [2.45, 2.75) is 348 Å². The molecule has 0 saturated carbocycles. The minimum Gasteiger partial charge on any atom is -0.462 e. The lowest BCUT2D eigenvalue weighted by Crippen LogP contribution is -2.30. The number of unbranched alkanes of at least 4 members (excludes halogenated alkanes) is 43. The Kier molecular flexibility index (Phi) is 55.2. The molecular formula is C61H116O6. The molecule has 1 atom stereocenters. The van der Waals surface area contributed by atoms with Gasteiger partial charge in [-0.05, 0) is 44.9 Å². The van der Waals surface area contributed by atoms with Gasteiger partial charge in [0.15, 0.2) is 6.10 Å². The summed E-state index contributed by atoms with van der Waals surface area (Å²) in [6, 6.07) is 0. The van der Waals surface area contributed by atoms with Crippen LogP contribution in [0.1, 0.15) is 342 Å². The molecule has 0 heterocycles. The number of allylic oxidation sites excluding steroid dienone is 2. The average Bonchev–Trinajstić information content (AvgIpc) is 3.33. The smallest absolute Gasteiger partial charge is 0.306 e.